The molecular formula is C19H23N3O4S. The van der Waals surface area contributed by atoms with Crippen LogP contribution in [0.25, 0.3) is 0 Å². The SMILES string of the molecule is COc1cccc(C(=O)N(CC(=O)Nc2nc(C)cs2)CC2CCCO2)c1. The minimum absolute atomic E-state index is 0.0468. The van der Waals surface area contributed by atoms with Crippen LogP contribution >= 0.6 is 11.3 Å². The third-order valence-corrected chi connectivity index (χ3v) is 5.13. The summed E-state index contributed by atoms with van der Waals surface area (Å²) in [6.07, 6.45) is 1.81. The van der Waals surface area contributed by atoms with Gasteiger partial charge >= 0.3 is 0 Å². The molecule has 144 valence electrons. The summed E-state index contributed by atoms with van der Waals surface area (Å²) in [4.78, 5) is 31.2. The summed E-state index contributed by atoms with van der Waals surface area (Å²) >= 11 is 1.36. The Bertz CT molecular complexity index is 802. The number of rotatable bonds is 7. The van der Waals surface area contributed by atoms with Crippen molar-refractivity contribution < 1.29 is 19.1 Å². The predicted octanol–water partition coefficient (Wildman–Crippen LogP) is 2.72. The van der Waals surface area contributed by atoms with E-state index in [-0.39, 0.29) is 24.5 Å². The zero-order valence-corrected chi connectivity index (χ0v) is 16.3. The van der Waals surface area contributed by atoms with Crippen LogP contribution in [-0.2, 0) is 9.53 Å². The van der Waals surface area contributed by atoms with E-state index in [0.717, 1.165) is 18.5 Å². The Labute approximate surface area is 162 Å². The van der Waals surface area contributed by atoms with Gasteiger partial charge in [0.1, 0.15) is 12.3 Å². The zero-order valence-electron chi connectivity index (χ0n) is 15.4. The van der Waals surface area contributed by atoms with E-state index in [2.05, 4.69) is 10.3 Å². The molecule has 1 aliphatic rings. The summed E-state index contributed by atoms with van der Waals surface area (Å²) < 4.78 is 10.9. The number of ether oxygens (including phenoxy) is 2. The molecule has 27 heavy (non-hydrogen) atoms. The van der Waals surface area contributed by atoms with Crippen molar-refractivity contribution in [1.82, 2.24) is 9.88 Å². The third kappa shape index (κ3) is 5.27. The van der Waals surface area contributed by atoms with Gasteiger partial charge in [0, 0.05) is 24.1 Å². The molecule has 0 saturated carbocycles. The average Bonchev–Trinajstić information content (AvgIpc) is 3.32. The Morgan fingerprint density at radius 1 is 1.44 bits per heavy atom. The fourth-order valence-electron chi connectivity index (χ4n) is 2.94. The first-order valence-corrected chi connectivity index (χ1v) is 9.70. The van der Waals surface area contributed by atoms with Gasteiger partial charge in [-0.2, -0.15) is 0 Å². The number of nitrogens with one attached hydrogen (secondary N) is 1. The van der Waals surface area contributed by atoms with Gasteiger partial charge in [0.2, 0.25) is 5.91 Å². The number of aryl methyl sites for hydroxylation is 1. The summed E-state index contributed by atoms with van der Waals surface area (Å²) in [5.74, 6) is 0.0918. The number of carbonyl (C=O) groups is 2. The molecule has 1 atom stereocenters. The number of anilines is 1. The van der Waals surface area contributed by atoms with Crippen LogP contribution in [-0.4, -0.2) is 54.6 Å². The second-order valence-electron chi connectivity index (χ2n) is 6.39. The van der Waals surface area contributed by atoms with Crippen LogP contribution in [0.1, 0.15) is 28.9 Å². The normalized spacial score (nSPS) is 16.1. The van der Waals surface area contributed by atoms with Crippen LogP contribution in [0.3, 0.4) is 0 Å². The van der Waals surface area contributed by atoms with E-state index in [1.807, 2.05) is 12.3 Å². The lowest BCUT2D eigenvalue weighted by molar-refractivity contribution is -0.117. The maximum Gasteiger partial charge on any atom is 0.254 e. The molecule has 0 radical (unpaired) electrons. The van der Waals surface area contributed by atoms with E-state index in [0.29, 0.717) is 29.6 Å². The average molecular weight is 389 g/mol. The van der Waals surface area contributed by atoms with Gasteiger partial charge in [-0.3, -0.25) is 9.59 Å². The highest BCUT2D eigenvalue weighted by Crippen LogP contribution is 2.19. The molecule has 1 fully saturated rings. The van der Waals surface area contributed by atoms with Crippen LogP contribution < -0.4 is 10.1 Å². The molecule has 1 aromatic heterocycles. The van der Waals surface area contributed by atoms with Crippen LogP contribution in [0.5, 0.6) is 5.75 Å². The van der Waals surface area contributed by atoms with Gasteiger partial charge < -0.3 is 19.7 Å². The van der Waals surface area contributed by atoms with Gasteiger partial charge in [-0.25, -0.2) is 4.98 Å². The summed E-state index contributed by atoms with van der Waals surface area (Å²) in [5.41, 5.74) is 1.32. The summed E-state index contributed by atoms with van der Waals surface area (Å²) in [6.45, 7) is 2.87. The van der Waals surface area contributed by atoms with E-state index < -0.39 is 0 Å². The topological polar surface area (TPSA) is 80.8 Å². The monoisotopic (exact) mass is 389 g/mol. The molecule has 3 rings (SSSR count). The maximum atomic E-state index is 13.0. The van der Waals surface area contributed by atoms with Gasteiger partial charge in [-0.05, 0) is 38.0 Å². The Morgan fingerprint density at radius 2 is 2.30 bits per heavy atom. The second-order valence-corrected chi connectivity index (χ2v) is 7.25. The van der Waals surface area contributed by atoms with E-state index in [1.165, 1.54) is 16.2 Å². The van der Waals surface area contributed by atoms with Crippen molar-refractivity contribution in [3.63, 3.8) is 0 Å². The summed E-state index contributed by atoms with van der Waals surface area (Å²) in [5, 5.41) is 5.15. The van der Waals surface area contributed by atoms with Crippen LogP contribution in [0.15, 0.2) is 29.6 Å². The fraction of sp³-hybridized carbons (Fsp3) is 0.421. The first-order chi connectivity index (χ1) is 13.0. The largest absolute Gasteiger partial charge is 0.497 e. The molecule has 0 spiro atoms. The number of benzene rings is 1. The smallest absolute Gasteiger partial charge is 0.254 e. The molecule has 0 aliphatic carbocycles. The minimum atomic E-state index is -0.279. The molecule has 8 heteroatoms. The number of aromatic nitrogens is 1. The Kier molecular flexibility index (Phi) is 6.41. The quantitative estimate of drug-likeness (QED) is 0.788. The highest BCUT2D eigenvalue weighted by molar-refractivity contribution is 7.13. The number of nitrogens with zero attached hydrogens (tertiary/aromatic N) is 2. The van der Waals surface area contributed by atoms with Crippen LogP contribution in [0, 0.1) is 6.92 Å². The fourth-order valence-corrected chi connectivity index (χ4v) is 3.64. The summed E-state index contributed by atoms with van der Waals surface area (Å²) in [6, 6.07) is 6.93. The van der Waals surface area contributed by atoms with Gasteiger partial charge in [0.15, 0.2) is 5.13 Å². The number of hydrogen-bond donors (Lipinski definition) is 1. The molecule has 7 nitrogen and oxygen atoms in total. The van der Waals surface area contributed by atoms with Crippen LogP contribution in [0.2, 0.25) is 0 Å². The molecule has 1 N–H and O–H groups in total. The zero-order chi connectivity index (χ0) is 19.2. The second kappa shape index (κ2) is 8.96. The standard InChI is InChI=1S/C19H23N3O4S/c1-13-12-27-19(20-13)21-17(23)11-22(10-16-7-4-8-26-16)18(24)14-5-3-6-15(9-14)25-2/h3,5-6,9,12,16H,4,7-8,10-11H2,1-2H3,(H,20,21,23). The van der Waals surface area contributed by atoms with Crippen molar-refractivity contribution in [3.8, 4) is 5.75 Å². The van der Waals surface area contributed by atoms with Crippen molar-refractivity contribution in [3.05, 3.63) is 40.9 Å². The molecule has 1 unspecified atom stereocenters. The lowest BCUT2D eigenvalue weighted by atomic mass is 10.1. The number of amides is 2. The number of carbonyl (C=O) groups excluding carboxylic acids is 2. The van der Waals surface area contributed by atoms with Gasteiger partial charge in [-0.1, -0.05) is 6.07 Å². The number of hydrogen-bond acceptors (Lipinski definition) is 6. The number of thiazole rings is 1. The molecule has 2 heterocycles. The Balaban J connectivity index is 1.72. The van der Waals surface area contributed by atoms with Gasteiger partial charge in [0.25, 0.3) is 5.91 Å². The lowest BCUT2D eigenvalue weighted by Crippen LogP contribution is -2.42. The lowest BCUT2D eigenvalue weighted by Gasteiger charge is -2.25. The van der Waals surface area contributed by atoms with E-state index in [9.17, 15) is 9.59 Å². The molecule has 1 aliphatic heterocycles. The minimum Gasteiger partial charge on any atom is -0.497 e. The van der Waals surface area contributed by atoms with Crippen molar-refractivity contribution in [2.45, 2.75) is 25.9 Å². The molecule has 2 amide bonds. The highest BCUT2D eigenvalue weighted by atomic mass is 32.1. The number of methoxy groups -OCH3 is 1. The first kappa shape index (κ1) is 19.3. The van der Waals surface area contributed by atoms with E-state index >= 15 is 0 Å². The van der Waals surface area contributed by atoms with Crippen molar-refractivity contribution in [2.24, 2.45) is 0 Å². The van der Waals surface area contributed by atoms with Gasteiger partial charge in [0.05, 0.1) is 18.9 Å². The molecule has 1 saturated heterocycles. The molecule has 2 aromatic rings. The first-order valence-electron chi connectivity index (χ1n) is 8.82. The van der Waals surface area contributed by atoms with Crippen molar-refractivity contribution >= 4 is 28.3 Å². The highest BCUT2D eigenvalue weighted by Gasteiger charge is 2.25. The van der Waals surface area contributed by atoms with Gasteiger partial charge in [-0.15, -0.1) is 11.3 Å². The van der Waals surface area contributed by atoms with E-state index in [1.54, 1.807) is 31.4 Å². The van der Waals surface area contributed by atoms with Crippen LogP contribution in [0.4, 0.5) is 5.13 Å². The summed E-state index contributed by atoms with van der Waals surface area (Å²) in [7, 11) is 1.55. The maximum absolute atomic E-state index is 13.0. The molecular weight excluding hydrogens is 366 g/mol. The molecule has 1 aromatic carbocycles. The molecule has 0 bridgehead atoms. The Hall–Kier alpha value is -2.45. The predicted molar refractivity (Wildman–Crippen MR) is 103 cm³/mol. The van der Waals surface area contributed by atoms with Crippen molar-refractivity contribution in [2.75, 3.05) is 32.1 Å². The van der Waals surface area contributed by atoms with Crippen molar-refractivity contribution in [1.29, 1.82) is 0 Å². The van der Waals surface area contributed by atoms with E-state index in [4.69, 9.17) is 9.47 Å². The Morgan fingerprint density at radius 3 is 2.96 bits per heavy atom. The third-order valence-electron chi connectivity index (χ3n) is 4.25.